The van der Waals surface area contributed by atoms with Crippen molar-refractivity contribution in [3.05, 3.63) is 81.9 Å². The summed E-state index contributed by atoms with van der Waals surface area (Å²) in [6, 6.07) is 13.7. The summed E-state index contributed by atoms with van der Waals surface area (Å²) in [7, 11) is 0. The molecule has 4 rings (SSSR count). The minimum absolute atomic E-state index is 0.0612. The van der Waals surface area contributed by atoms with Crippen molar-refractivity contribution < 1.29 is 27.8 Å². The molecule has 0 saturated heterocycles. The zero-order valence-electron chi connectivity index (χ0n) is 14.7. The van der Waals surface area contributed by atoms with Gasteiger partial charge in [0.2, 0.25) is 0 Å². The summed E-state index contributed by atoms with van der Waals surface area (Å²) in [6.45, 7) is 0. The standard InChI is InChI=1S/C21H13ClF3NO3/c22-15-6-4-11(9-14(15)21(23,24)25)8-12-5-7-17-16(10-12)26-19-13(20(27)28)2-1-3-18(19)29-17/h1-7,9-10,26H,8H2,(H,27,28). The minimum Gasteiger partial charge on any atom is -0.478 e. The summed E-state index contributed by atoms with van der Waals surface area (Å²) in [6.07, 6.45) is -4.29. The number of halogens is 4. The summed E-state index contributed by atoms with van der Waals surface area (Å²) in [5.41, 5.74) is 1.22. The highest BCUT2D eigenvalue weighted by Gasteiger charge is 2.33. The predicted molar refractivity (Wildman–Crippen MR) is 102 cm³/mol. The van der Waals surface area contributed by atoms with Crippen LogP contribution < -0.4 is 10.1 Å². The first-order valence-corrected chi connectivity index (χ1v) is 8.90. The Morgan fingerprint density at radius 3 is 2.48 bits per heavy atom. The maximum absolute atomic E-state index is 13.1. The summed E-state index contributed by atoms with van der Waals surface area (Å²) < 4.78 is 45.0. The number of ether oxygens (including phenoxy) is 1. The Balaban J connectivity index is 1.64. The maximum atomic E-state index is 13.1. The highest BCUT2D eigenvalue weighted by Crippen LogP contribution is 2.44. The molecule has 3 aromatic rings. The monoisotopic (exact) mass is 419 g/mol. The molecule has 0 spiro atoms. The lowest BCUT2D eigenvalue weighted by Crippen LogP contribution is -2.09. The van der Waals surface area contributed by atoms with Gasteiger partial charge < -0.3 is 15.2 Å². The average molecular weight is 420 g/mol. The van der Waals surface area contributed by atoms with E-state index < -0.39 is 17.7 Å². The van der Waals surface area contributed by atoms with Gasteiger partial charge in [0.25, 0.3) is 0 Å². The van der Waals surface area contributed by atoms with E-state index in [0.29, 0.717) is 28.4 Å². The number of carboxylic acid groups (broad SMARTS) is 1. The average Bonchev–Trinajstić information content (AvgIpc) is 2.66. The van der Waals surface area contributed by atoms with Gasteiger partial charge in [-0.3, -0.25) is 0 Å². The number of carboxylic acids is 1. The maximum Gasteiger partial charge on any atom is 0.417 e. The number of nitrogens with one attached hydrogen (secondary N) is 1. The van der Waals surface area contributed by atoms with E-state index in [9.17, 15) is 23.1 Å². The molecule has 0 fully saturated rings. The molecule has 4 nitrogen and oxygen atoms in total. The van der Waals surface area contributed by atoms with E-state index in [0.717, 1.165) is 11.6 Å². The van der Waals surface area contributed by atoms with Gasteiger partial charge in [0, 0.05) is 0 Å². The summed E-state index contributed by atoms with van der Waals surface area (Å²) >= 11 is 5.67. The van der Waals surface area contributed by atoms with Crippen LogP contribution in [0.5, 0.6) is 11.5 Å². The smallest absolute Gasteiger partial charge is 0.417 e. The number of hydrogen-bond acceptors (Lipinski definition) is 3. The Hall–Kier alpha value is -3.19. The van der Waals surface area contributed by atoms with Crippen molar-refractivity contribution in [2.24, 2.45) is 0 Å². The van der Waals surface area contributed by atoms with Crippen LogP contribution in [0, 0.1) is 0 Å². The predicted octanol–water partition coefficient (Wildman–Crippen LogP) is 6.50. The van der Waals surface area contributed by atoms with E-state index in [1.807, 2.05) is 0 Å². The zero-order chi connectivity index (χ0) is 20.8. The number of rotatable bonds is 3. The quantitative estimate of drug-likeness (QED) is 0.398. The van der Waals surface area contributed by atoms with Crippen LogP contribution in [0.15, 0.2) is 54.6 Å². The van der Waals surface area contributed by atoms with Gasteiger partial charge >= 0.3 is 12.1 Å². The van der Waals surface area contributed by atoms with Crippen LogP contribution in [-0.4, -0.2) is 11.1 Å². The van der Waals surface area contributed by atoms with Crippen molar-refractivity contribution in [3.63, 3.8) is 0 Å². The minimum atomic E-state index is -4.53. The van der Waals surface area contributed by atoms with E-state index in [1.165, 1.54) is 12.1 Å². The third kappa shape index (κ3) is 3.73. The molecule has 29 heavy (non-hydrogen) atoms. The fraction of sp³-hybridized carbons (Fsp3) is 0.0952. The molecule has 0 saturated carbocycles. The van der Waals surface area contributed by atoms with E-state index >= 15 is 0 Å². The first-order chi connectivity index (χ1) is 13.7. The third-order valence-electron chi connectivity index (χ3n) is 4.52. The molecule has 1 aliphatic heterocycles. The number of para-hydroxylation sites is 1. The van der Waals surface area contributed by atoms with E-state index in [1.54, 1.807) is 36.4 Å². The van der Waals surface area contributed by atoms with Crippen molar-refractivity contribution in [2.45, 2.75) is 12.6 Å². The Morgan fingerprint density at radius 2 is 1.76 bits per heavy atom. The lowest BCUT2D eigenvalue weighted by molar-refractivity contribution is -0.137. The molecule has 0 bridgehead atoms. The molecule has 0 amide bonds. The fourth-order valence-corrected chi connectivity index (χ4v) is 3.41. The van der Waals surface area contributed by atoms with Crippen molar-refractivity contribution >= 4 is 28.9 Å². The van der Waals surface area contributed by atoms with Crippen LogP contribution in [0.2, 0.25) is 5.02 Å². The van der Waals surface area contributed by atoms with Crippen LogP contribution >= 0.6 is 11.6 Å². The van der Waals surface area contributed by atoms with Gasteiger partial charge in [-0.1, -0.05) is 29.8 Å². The third-order valence-corrected chi connectivity index (χ3v) is 4.85. The molecule has 1 aliphatic rings. The molecule has 148 valence electrons. The van der Waals surface area contributed by atoms with Crippen molar-refractivity contribution in [2.75, 3.05) is 5.32 Å². The first kappa shape index (κ1) is 19.1. The first-order valence-electron chi connectivity index (χ1n) is 8.52. The van der Waals surface area contributed by atoms with E-state index in [4.69, 9.17) is 16.3 Å². The Bertz CT molecular complexity index is 1130. The second-order valence-electron chi connectivity index (χ2n) is 6.53. The summed E-state index contributed by atoms with van der Waals surface area (Å²) in [5, 5.41) is 12.1. The molecule has 8 heteroatoms. The lowest BCUT2D eigenvalue weighted by Gasteiger charge is -2.23. The van der Waals surface area contributed by atoms with Crippen LogP contribution in [0.4, 0.5) is 24.5 Å². The Labute approximate surface area is 168 Å². The second-order valence-corrected chi connectivity index (χ2v) is 6.94. The topological polar surface area (TPSA) is 58.6 Å². The highest BCUT2D eigenvalue weighted by molar-refractivity contribution is 6.31. The van der Waals surface area contributed by atoms with Crippen molar-refractivity contribution in [1.29, 1.82) is 0 Å². The largest absolute Gasteiger partial charge is 0.478 e. The van der Waals surface area contributed by atoms with E-state index in [-0.39, 0.29) is 17.0 Å². The molecule has 0 atom stereocenters. The molecular weight excluding hydrogens is 407 g/mol. The molecule has 0 radical (unpaired) electrons. The van der Waals surface area contributed by atoms with Crippen LogP contribution in [0.1, 0.15) is 27.0 Å². The Kier molecular flexibility index (Phi) is 4.62. The number of hydrogen-bond donors (Lipinski definition) is 2. The van der Waals surface area contributed by atoms with Crippen LogP contribution in [0.3, 0.4) is 0 Å². The Morgan fingerprint density at radius 1 is 1.03 bits per heavy atom. The van der Waals surface area contributed by atoms with Gasteiger partial charge in [0.05, 0.1) is 27.5 Å². The van der Waals surface area contributed by atoms with Gasteiger partial charge in [-0.05, 0) is 53.9 Å². The number of alkyl halides is 3. The van der Waals surface area contributed by atoms with Gasteiger partial charge in [-0.2, -0.15) is 13.2 Å². The zero-order valence-corrected chi connectivity index (χ0v) is 15.4. The van der Waals surface area contributed by atoms with Gasteiger partial charge in [-0.15, -0.1) is 0 Å². The van der Waals surface area contributed by atoms with Gasteiger partial charge in [-0.25, -0.2) is 4.79 Å². The lowest BCUT2D eigenvalue weighted by atomic mass is 10.0. The SMILES string of the molecule is O=C(O)c1cccc2c1Nc1cc(Cc3ccc(Cl)c(C(F)(F)F)c3)ccc1O2. The normalized spacial score (nSPS) is 12.4. The van der Waals surface area contributed by atoms with Crippen molar-refractivity contribution in [3.8, 4) is 11.5 Å². The number of benzene rings is 3. The fourth-order valence-electron chi connectivity index (χ4n) is 3.19. The summed E-state index contributed by atoms with van der Waals surface area (Å²) in [4.78, 5) is 11.4. The molecular formula is C21H13ClF3NO3. The number of aromatic carboxylic acids is 1. The number of carbonyl (C=O) groups is 1. The van der Waals surface area contributed by atoms with Crippen LogP contribution in [-0.2, 0) is 12.6 Å². The van der Waals surface area contributed by atoms with Gasteiger partial charge in [0.15, 0.2) is 11.5 Å². The summed E-state index contributed by atoms with van der Waals surface area (Å²) in [5.74, 6) is -0.216. The molecule has 3 aromatic carbocycles. The molecule has 0 aliphatic carbocycles. The van der Waals surface area contributed by atoms with E-state index in [2.05, 4.69) is 5.32 Å². The second kappa shape index (κ2) is 7.00. The molecule has 2 N–H and O–H groups in total. The van der Waals surface area contributed by atoms with Crippen LogP contribution in [0.25, 0.3) is 0 Å². The number of anilines is 2. The van der Waals surface area contributed by atoms with Gasteiger partial charge in [0.1, 0.15) is 0 Å². The number of fused-ring (bicyclic) bond motifs is 2. The highest BCUT2D eigenvalue weighted by atomic mass is 35.5. The molecule has 1 heterocycles. The molecule has 0 aromatic heterocycles. The van der Waals surface area contributed by atoms with Crippen molar-refractivity contribution in [1.82, 2.24) is 0 Å². The molecule has 0 unspecified atom stereocenters.